The van der Waals surface area contributed by atoms with Crippen molar-refractivity contribution >= 4 is 27.7 Å². The molecular formula is C22H19FN4O. The van der Waals surface area contributed by atoms with E-state index in [1.807, 2.05) is 31.2 Å². The van der Waals surface area contributed by atoms with E-state index in [-0.39, 0.29) is 18.3 Å². The molecule has 0 bridgehead atoms. The molecule has 4 aromatic rings. The molecule has 0 saturated heterocycles. The zero-order valence-electron chi connectivity index (χ0n) is 15.9. The molecule has 2 aromatic carbocycles. The summed E-state index contributed by atoms with van der Waals surface area (Å²) in [5.41, 5.74) is 3.35. The van der Waals surface area contributed by atoms with Crippen molar-refractivity contribution < 1.29 is 9.18 Å². The number of carbonyl (C=O) groups excluding carboxylic acids is 1. The summed E-state index contributed by atoms with van der Waals surface area (Å²) < 4.78 is 13.6. The van der Waals surface area contributed by atoms with Crippen LogP contribution in [0, 0.1) is 19.7 Å². The molecule has 6 heteroatoms. The largest absolute Gasteiger partial charge is 0.334 e. The first-order valence-electron chi connectivity index (χ1n) is 8.97. The summed E-state index contributed by atoms with van der Waals surface area (Å²) in [7, 11) is 1.71. The molecule has 0 aliphatic carbocycles. The predicted octanol–water partition coefficient (Wildman–Crippen LogP) is 4.21. The average molecular weight is 374 g/mol. The molecule has 0 spiro atoms. The molecule has 2 aromatic heterocycles. The lowest BCUT2D eigenvalue weighted by Crippen LogP contribution is -2.27. The van der Waals surface area contributed by atoms with Crippen molar-refractivity contribution in [2.45, 2.75) is 20.4 Å². The summed E-state index contributed by atoms with van der Waals surface area (Å²) in [6, 6.07) is 13.8. The van der Waals surface area contributed by atoms with Crippen LogP contribution in [0.5, 0.6) is 0 Å². The molecule has 0 atom stereocenters. The van der Waals surface area contributed by atoms with Crippen molar-refractivity contribution in [2.75, 3.05) is 7.05 Å². The monoisotopic (exact) mass is 374 g/mol. The lowest BCUT2D eigenvalue weighted by molar-refractivity contribution is 0.0783. The maximum atomic E-state index is 13.6. The van der Waals surface area contributed by atoms with Crippen molar-refractivity contribution in [3.63, 3.8) is 0 Å². The number of halogens is 1. The number of hydrogen-bond donors (Lipinski definition) is 0. The summed E-state index contributed by atoms with van der Waals surface area (Å²) >= 11 is 0. The quantitative estimate of drug-likeness (QED) is 0.539. The molecule has 140 valence electrons. The first-order chi connectivity index (χ1) is 13.4. The van der Waals surface area contributed by atoms with E-state index in [0.29, 0.717) is 28.0 Å². The minimum Gasteiger partial charge on any atom is -0.334 e. The molecule has 0 saturated carbocycles. The summed E-state index contributed by atoms with van der Waals surface area (Å²) in [5, 5.41) is 1.62. The smallest absolute Gasteiger partial charge is 0.254 e. The number of nitrogens with zero attached hydrogens (tertiary/aromatic N) is 4. The van der Waals surface area contributed by atoms with Gasteiger partial charge in [-0.05, 0) is 38.1 Å². The molecule has 2 heterocycles. The average Bonchev–Trinajstić information content (AvgIpc) is 2.66. The van der Waals surface area contributed by atoms with Crippen molar-refractivity contribution in [2.24, 2.45) is 0 Å². The normalized spacial score (nSPS) is 11.1. The second-order valence-corrected chi connectivity index (χ2v) is 6.88. The Balaban J connectivity index is 1.68. The molecule has 0 fully saturated rings. The number of rotatable bonds is 3. The van der Waals surface area contributed by atoms with E-state index >= 15 is 0 Å². The summed E-state index contributed by atoms with van der Waals surface area (Å²) in [4.78, 5) is 28.1. The van der Waals surface area contributed by atoms with Crippen LogP contribution in [-0.4, -0.2) is 32.8 Å². The second kappa shape index (κ2) is 6.96. The lowest BCUT2D eigenvalue weighted by atomic mass is 10.1. The number of benzene rings is 2. The molecule has 0 unspecified atom stereocenters. The molecule has 5 nitrogen and oxygen atoms in total. The molecule has 4 rings (SSSR count). The Bertz CT molecular complexity index is 1220. The van der Waals surface area contributed by atoms with Crippen LogP contribution in [0.25, 0.3) is 21.8 Å². The number of carbonyl (C=O) groups is 1. The van der Waals surface area contributed by atoms with Gasteiger partial charge in [-0.3, -0.25) is 9.78 Å². The fourth-order valence-electron chi connectivity index (χ4n) is 3.37. The SMILES string of the molecule is Cc1cc(C(=O)N(C)Cc2nc(C)c3ccccc3n2)c2ccc(F)cc2n1. The van der Waals surface area contributed by atoms with E-state index in [1.54, 1.807) is 31.0 Å². The Morgan fingerprint density at radius 2 is 1.75 bits per heavy atom. The van der Waals surface area contributed by atoms with Gasteiger partial charge in [0.1, 0.15) is 11.6 Å². The maximum absolute atomic E-state index is 13.6. The molecule has 28 heavy (non-hydrogen) atoms. The van der Waals surface area contributed by atoms with Crippen molar-refractivity contribution in [3.05, 3.63) is 77.1 Å². The van der Waals surface area contributed by atoms with Crippen LogP contribution in [-0.2, 0) is 6.54 Å². The number of fused-ring (bicyclic) bond motifs is 2. The zero-order chi connectivity index (χ0) is 19.8. The maximum Gasteiger partial charge on any atom is 0.254 e. The van der Waals surface area contributed by atoms with Gasteiger partial charge in [-0.15, -0.1) is 0 Å². The first-order valence-corrected chi connectivity index (χ1v) is 8.97. The zero-order valence-corrected chi connectivity index (χ0v) is 15.9. The molecule has 0 radical (unpaired) electrons. The fourth-order valence-corrected chi connectivity index (χ4v) is 3.37. The van der Waals surface area contributed by atoms with Gasteiger partial charge in [0.15, 0.2) is 0 Å². The van der Waals surface area contributed by atoms with Gasteiger partial charge >= 0.3 is 0 Å². The second-order valence-electron chi connectivity index (χ2n) is 6.88. The van der Waals surface area contributed by atoms with Crippen LogP contribution in [0.15, 0.2) is 48.5 Å². The number of pyridine rings is 1. The van der Waals surface area contributed by atoms with Gasteiger partial charge in [0, 0.05) is 35.3 Å². The molecular weight excluding hydrogens is 355 g/mol. The minimum atomic E-state index is -0.377. The molecule has 0 aliphatic heterocycles. The molecule has 1 amide bonds. The summed E-state index contributed by atoms with van der Waals surface area (Å²) in [6.45, 7) is 4.00. The molecule has 0 N–H and O–H groups in total. The van der Waals surface area contributed by atoms with Gasteiger partial charge in [-0.25, -0.2) is 14.4 Å². The minimum absolute atomic E-state index is 0.184. The number of aryl methyl sites for hydroxylation is 2. The van der Waals surface area contributed by atoms with Crippen LogP contribution < -0.4 is 0 Å². The van der Waals surface area contributed by atoms with Gasteiger partial charge in [0.2, 0.25) is 0 Å². The summed E-state index contributed by atoms with van der Waals surface area (Å²) in [6.07, 6.45) is 0. The number of para-hydroxylation sites is 1. The Labute approximate surface area is 161 Å². The Hall–Kier alpha value is -3.41. The van der Waals surface area contributed by atoms with E-state index in [4.69, 9.17) is 0 Å². The topological polar surface area (TPSA) is 59.0 Å². The highest BCUT2D eigenvalue weighted by atomic mass is 19.1. The van der Waals surface area contributed by atoms with E-state index in [2.05, 4.69) is 15.0 Å². The third-order valence-electron chi connectivity index (χ3n) is 4.70. The third-order valence-corrected chi connectivity index (χ3v) is 4.70. The van der Waals surface area contributed by atoms with E-state index in [9.17, 15) is 9.18 Å². The van der Waals surface area contributed by atoms with Crippen LogP contribution >= 0.6 is 0 Å². The van der Waals surface area contributed by atoms with Crippen molar-refractivity contribution in [3.8, 4) is 0 Å². The van der Waals surface area contributed by atoms with Crippen LogP contribution in [0.3, 0.4) is 0 Å². The Morgan fingerprint density at radius 3 is 2.57 bits per heavy atom. The highest BCUT2D eigenvalue weighted by Crippen LogP contribution is 2.22. The highest BCUT2D eigenvalue weighted by Gasteiger charge is 2.18. The highest BCUT2D eigenvalue weighted by molar-refractivity contribution is 6.06. The number of amides is 1. The van der Waals surface area contributed by atoms with Gasteiger partial charge in [-0.2, -0.15) is 0 Å². The fraction of sp³-hybridized carbons (Fsp3) is 0.182. The van der Waals surface area contributed by atoms with E-state index in [0.717, 1.165) is 16.6 Å². The Morgan fingerprint density at radius 1 is 0.964 bits per heavy atom. The van der Waals surface area contributed by atoms with E-state index in [1.165, 1.54) is 12.1 Å². The van der Waals surface area contributed by atoms with Gasteiger partial charge < -0.3 is 4.90 Å². The van der Waals surface area contributed by atoms with E-state index < -0.39 is 0 Å². The van der Waals surface area contributed by atoms with Crippen LogP contribution in [0.1, 0.15) is 27.6 Å². The van der Waals surface area contributed by atoms with Gasteiger partial charge in [-0.1, -0.05) is 18.2 Å². The van der Waals surface area contributed by atoms with Crippen LogP contribution in [0.2, 0.25) is 0 Å². The van der Waals surface area contributed by atoms with Crippen molar-refractivity contribution in [1.82, 2.24) is 19.9 Å². The summed E-state index contributed by atoms with van der Waals surface area (Å²) in [5.74, 6) is 0.0158. The standard InChI is InChI=1S/C22H19FN4O/c1-13-10-18(17-9-8-15(23)11-20(17)24-13)22(28)27(3)12-21-25-14(2)16-6-4-5-7-19(16)26-21/h4-11H,12H2,1-3H3. The molecule has 0 aliphatic rings. The van der Waals surface area contributed by atoms with Gasteiger partial charge in [0.25, 0.3) is 5.91 Å². The van der Waals surface area contributed by atoms with Gasteiger partial charge in [0.05, 0.1) is 23.1 Å². The number of aromatic nitrogens is 3. The van der Waals surface area contributed by atoms with Crippen molar-refractivity contribution in [1.29, 1.82) is 0 Å². The third kappa shape index (κ3) is 3.29. The lowest BCUT2D eigenvalue weighted by Gasteiger charge is -2.18. The Kier molecular flexibility index (Phi) is 4.47. The predicted molar refractivity (Wildman–Crippen MR) is 107 cm³/mol. The van der Waals surface area contributed by atoms with Crippen LogP contribution in [0.4, 0.5) is 4.39 Å². The first kappa shape index (κ1) is 18.0. The number of hydrogen-bond acceptors (Lipinski definition) is 4.